The molecule has 136 valence electrons. The Labute approximate surface area is 148 Å². The van der Waals surface area contributed by atoms with Crippen molar-refractivity contribution in [2.24, 2.45) is 11.7 Å². The van der Waals surface area contributed by atoms with Gasteiger partial charge in [0.15, 0.2) is 0 Å². The molecule has 0 aliphatic carbocycles. The number of carbonyl (C=O) groups excluding carboxylic acids is 2. The molecule has 3 heterocycles. The van der Waals surface area contributed by atoms with Crippen molar-refractivity contribution in [3.8, 4) is 0 Å². The highest BCUT2D eigenvalue weighted by molar-refractivity contribution is 5.80. The third-order valence-corrected chi connectivity index (χ3v) is 5.06. The standard InChI is InChI=1S/C18H27N5O2/c19-16(24)13-22-9-3-4-14(12-22)18(25)23-10-6-15(7-11-23)21-17-5-1-2-8-20-17/h1-2,5,8,14-15H,3-4,6-7,9-13H2,(H2,19,24)(H,20,21). The summed E-state index contributed by atoms with van der Waals surface area (Å²) in [7, 11) is 0. The average molecular weight is 345 g/mol. The summed E-state index contributed by atoms with van der Waals surface area (Å²) in [6.45, 7) is 3.29. The Kier molecular flexibility index (Phi) is 5.86. The normalized spacial score (nSPS) is 22.6. The van der Waals surface area contributed by atoms with Crippen molar-refractivity contribution in [1.82, 2.24) is 14.8 Å². The zero-order chi connectivity index (χ0) is 17.6. The van der Waals surface area contributed by atoms with Crippen LogP contribution in [-0.2, 0) is 9.59 Å². The molecule has 1 aromatic rings. The van der Waals surface area contributed by atoms with E-state index in [1.165, 1.54) is 0 Å². The van der Waals surface area contributed by atoms with Gasteiger partial charge in [-0.05, 0) is 44.4 Å². The molecule has 3 N–H and O–H groups in total. The van der Waals surface area contributed by atoms with Crippen LogP contribution < -0.4 is 11.1 Å². The molecule has 0 bridgehead atoms. The van der Waals surface area contributed by atoms with Crippen molar-refractivity contribution in [3.63, 3.8) is 0 Å². The van der Waals surface area contributed by atoms with Crippen LogP contribution in [0, 0.1) is 5.92 Å². The Balaban J connectivity index is 1.47. The fourth-order valence-corrected chi connectivity index (χ4v) is 3.78. The van der Waals surface area contributed by atoms with Gasteiger partial charge < -0.3 is 16.0 Å². The van der Waals surface area contributed by atoms with Gasteiger partial charge in [-0.3, -0.25) is 14.5 Å². The number of nitrogens with zero attached hydrogens (tertiary/aromatic N) is 3. The Morgan fingerprint density at radius 1 is 1.20 bits per heavy atom. The molecule has 2 aliphatic rings. The summed E-state index contributed by atoms with van der Waals surface area (Å²) in [6.07, 6.45) is 5.49. The Morgan fingerprint density at radius 2 is 2.00 bits per heavy atom. The first kappa shape index (κ1) is 17.7. The number of likely N-dealkylation sites (tertiary alicyclic amines) is 2. The lowest BCUT2D eigenvalue weighted by Gasteiger charge is -2.37. The first-order valence-electron chi connectivity index (χ1n) is 9.09. The van der Waals surface area contributed by atoms with E-state index in [2.05, 4.69) is 10.3 Å². The van der Waals surface area contributed by atoms with Crippen molar-refractivity contribution in [1.29, 1.82) is 0 Å². The molecule has 7 heteroatoms. The van der Waals surface area contributed by atoms with E-state index in [4.69, 9.17) is 5.73 Å². The van der Waals surface area contributed by atoms with E-state index >= 15 is 0 Å². The maximum Gasteiger partial charge on any atom is 0.231 e. The summed E-state index contributed by atoms with van der Waals surface area (Å²) in [5.74, 6) is 0.787. The predicted molar refractivity (Wildman–Crippen MR) is 95.8 cm³/mol. The predicted octanol–water partition coefficient (Wildman–Crippen LogP) is 0.682. The van der Waals surface area contributed by atoms with Crippen LogP contribution in [0.2, 0.25) is 0 Å². The summed E-state index contributed by atoms with van der Waals surface area (Å²) in [5.41, 5.74) is 5.28. The first-order valence-corrected chi connectivity index (χ1v) is 9.09. The molecule has 0 aromatic carbocycles. The van der Waals surface area contributed by atoms with Gasteiger partial charge in [-0.15, -0.1) is 0 Å². The summed E-state index contributed by atoms with van der Waals surface area (Å²) in [5, 5.41) is 3.44. The highest BCUT2D eigenvalue weighted by Crippen LogP contribution is 2.22. The smallest absolute Gasteiger partial charge is 0.231 e. The second-order valence-electron chi connectivity index (χ2n) is 7.00. The molecular formula is C18H27N5O2. The average Bonchev–Trinajstić information content (AvgIpc) is 2.62. The number of nitrogens with two attached hydrogens (primary N) is 1. The van der Waals surface area contributed by atoms with Crippen molar-refractivity contribution >= 4 is 17.6 Å². The van der Waals surface area contributed by atoms with Crippen LogP contribution in [0.3, 0.4) is 0 Å². The van der Waals surface area contributed by atoms with Gasteiger partial charge in [-0.1, -0.05) is 6.07 Å². The number of hydrogen-bond donors (Lipinski definition) is 2. The zero-order valence-corrected chi connectivity index (χ0v) is 14.6. The monoisotopic (exact) mass is 345 g/mol. The lowest BCUT2D eigenvalue weighted by Crippen LogP contribution is -2.49. The summed E-state index contributed by atoms with van der Waals surface area (Å²) in [6, 6.07) is 6.19. The van der Waals surface area contributed by atoms with Crippen molar-refractivity contribution in [2.45, 2.75) is 31.7 Å². The van der Waals surface area contributed by atoms with Crippen molar-refractivity contribution in [2.75, 3.05) is 38.0 Å². The minimum Gasteiger partial charge on any atom is -0.369 e. The Bertz CT molecular complexity index is 586. The van der Waals surface area contributed by atoms with Crippen LogP contribution in [0.15, 0.2) is 24.4 Å². The quantitative estimate of drug-likeness (QED) is 0.819. The summed E-state index contributed by atoms with van der Waals surface area (Å²) < 4.78 is 0. The Morgan fingerprint density at radius 3 is 2.68 bits per heavy atom. The van der Waals surface area contributed by atoms with Gasteiger partial charge in [0.05, 0.1) is 12.5 Å². The van der Waals surface area contributed by atoms with Crippen LogP contribution in [0.1, 0.15) is 25.7 Å². The van der Waals surface area contributed by atoms with Crippen LogP contribution in [0.5, 0.6) is 0 Å². The van der Waals surface area contributed by atoms with Crippen molar-refractivity contribution in [3.05, 3.63) is 24.4 Å². The van der Waals surface area contributed by atoms with E-state index in [1.807, 2.05) is 28.0 Å². The maximum absolute atomic E-state index is 12.8. The molecule has 7 nitrogen and oxygen atoms in total. The largest absolute Gasteiger partial charge is 0.369 e. The molecule has 1 atom stereocenters. The Hall–Kier alpha value is -2.15. The van der Waals surface area contributed by atoms with Gasteiger partial charge in [0.2, 0.25) is 11.8 Å². The topological polar surface area (TPSA) is 91.6 Å². The molecule has 25 heavy (non-hydrogen) atoms. The summed E-state index contributed by atoms with van der Waals surface area (Å²) >= 11 is 0. The molecule has 2 saturated heterocycles. The molecule has 0 radical (unpaired) electrons. The number of amides is 2. The highest BCUT2D eigenvalue weighted by atomic mass is 16.2. The number of hydrogen-bond acceptors (Lipinski definition) is 5. The molecular weight excluding hydrogens is 318 g/mol. The molecule has 2 fully saturated rings. The third kappa shape index (κ3) is 4.92. The van der Waals surface area contributed by atoms with E-state index in [-0.39, 0.29) is 24.3 Å². The number of aromatic nitrogens is 1. The van der Waals surface area contributed by atoms with E-state index < -0.39 is 0 Å². The maximum atomic E-state index is 12.8. The van der Waals surface area contributed by atoms with Gasteiger partial charge in [0.25, 0.3) is 0 Å². The SMILES string of the molecule is NC(=O)CN1CCCC(C(=O)N2CCC(Nc3ccccn3)CC2)C1. The van der Waals surface area contributed by atoms with Gasteiger partial charge in [-0.2, -0.15) is 0 Å². The number of carbonyl (C=O) groups is 2. The lowest BCUT2D eigenvalue weighted by atomic mass is 9.95. The highest BCUT2D eigenvalue weighted by Gasteiger charge is 2.31. The molecule has 3 rings (SSSR count). The zero-order valence-electron chi connectivity index (χ0n) is 14.6. The molecule has 1 aromatic heterocycles. The third-order valence-electron chi connectivity index (χ3n) is 5.06. The van der Waals surface area contributed by atoms with E-state index in [0.717, 1.165) is 51.1 Å². The van der Waals surface area contributed by atoms with Gasteiger partial charge >= 0.3 is 0 Å². The van der Waals surface area contributed by atoms with E-state index in [0.29, 0.717) is 12.6 Å². The fraction of sp³-hybridized carbons (Fsp3) is 0.611. The second-order valence-corrected chi connectivity index (χ2v) is 7.00. The number of primary amides is 1. The number of pyridine rings is 1. The van der Waals surface area contributed by atoms with Crippen LogP contribution in [0.4, 0.5) is 5.82 Å². The van der Waals surface area contributed by atoms with E-state index in [1.54, 1.807) is 6.20 Å². The van der Waals surface area contributed by atoms with Crippen LogP contribution >= 0.6 is 0 Å². The lowest BCUT2D eigenvalue weighted by molar-refractivity contribution is -0.139. The minimum absolute atomic E-state index is 0.00611. The molecule has 2 amide bonds. The molecule has 2 aliphatic heterocycles. The number of rotatable bonds is 5. The molecule has 0 saturated carbocycles. The minimum atomic E-state index is -0.325. The van der Waals surface area contributed by atoms with E-state index in [9.17, 15) is 9.59 Å². The first-order chi connectivity index (χ1) is 12.1. The van der Waals surface area contributed by atoms with Gasteiger partial charge in [-0.25, -0.2) is 4.98 Å². The van der Waals surface area contributed by atoms with Crippen LogP contribution in [-0.4, -0.2) is 65.4 Å². The van der Waals surface area contributed by atoms with Crippen LogP contribution in [0.25, 0.3) is 0 Å². The van der Waals surface area contributed by atoms with Gasteiger partial charge in [0, 0.05) is 31.9 Å². The molecule has 1 unspecified atom stereocenters. The number of nitrogens with one attached hydrogen (secondary N) is 1. The number of anilines is 1. The summed E-state index contributed by atoms with van der Waals surface area (Å²) in [4.78, 5) is 32.2. The second kappa shape index (κ2) is 8.29. The molecule has 0 spiro atoms. The van der Waals surface area contributed by atoms with Gasteiger partial charge in [0.1, 0.15) is 5.82 Å². The number of piperidine rings is 2. The van der Waals surface area contributed by atoms with Crippen molar-refractivity contribution < 1.29 is 9.59 Å². The fourth-order valence-electron chi connectivity index (χ4n) is 3.78.